The van der Waals surface area contributed by atoms with Crippen LogP contribution in [0, 0.1) is 6.92 Å². The maximum absolute atomic E-state index is 5.61. The molecule has 1 N–H and O–H groups in total. The Morgan fingerprint density at radius 3 is 2.57 bits per heavy atom. The number of methoxy groups -OCH3 is 1. The molecule has 2 aromatic carbocycles. The van der Waals surface area contributed by atoms with Crippen molar-refractivity contribution >= 4 is 22.5 Å². The minimum absolute atomic E-state index is 0.690. The largest absolute Gasteiger partial charge is 0.494 e. The fraction of sp³-hybridized carbons (Fsp3) is 0.0870. The third-order valence-corrected chi connectivity index (χ3v) is 4.93. The predicted octanol–water partition coefficient (Wildman–Crippen LogP) is 4.67. The summed E-state index contributed by atoms with van der Waals surface area (Å²) in [6.07, 6.45) is 7.34. The number of rotatable bonds is 5. The molecular formula is C23H20N6O. The number of imidazole rings is 2. The van der Waals surface area contributed by atoms with Gasteiger partial charge in [-0.1, -0.05) is 18.2 Å². The second-order valence-corrected chi connectivity index (χ2v) is 6.91. The average Bonchev–Trinajstić information content (AvgIpc) is 3.41. The van der Waals surface area contributed by atoms with Gasteiger partial charge in [-0.25, -0.2) is 15.0 Å². The molecule has 5 aromatic rings. The Kier molecular flexibility index (Phi) is 4.40. The number of nitrogens with zero attached hydrogens (tertiary/aromatic N) is 5. The van der Waals surface area contributed by atoms with E-state index in [1.54, 1.807) is 19.6 Å². The molecule has 5 rings (SSSR count). The van der Waals surface area contributed by atoms with E-state index in [0.29, 0.717) is 5.82 Å². The van der Waals surface area contributed by atoms with Crippen molar-refractivity contribution in [3.8, 4) is 17.1 Å². The highest BCUT2D eigenvalue weighted by Crippen LogP contribution is 2.30. The number of hydrogen-bond acceptors (Lipinski definition) is 5. The Bertz CT molecular complexity index is 1320. The van der Waals surface area contributed by atoms with Gasteiger partial charge < -0.3 is 14.6 Å². The lowest BCUT2D eigenvalue weighted by Gasteiger charge is -2.12. The van der Waals surface area contributed by atoms with Gasteiger partial charge in [0.15, 0.2) is 5.82 Å². The molecule has 0 spiro atoms. The number of anilines is 2. The molecule has 0 aliphatic rings. The van der Waals surface area contributed by atoms with Crippen molar-refractivity contribution in [2.24, 2.45) is 0 Å². The molecule has 148 valence electrons. The molecule has 0 radical (unpaired) electrons. The van der Waals surface area contributed by atoms with Gasteiger partial charge in [-0.05, 0) is 37.3 Å². The number of fused-ring (bicyclic) bond motifs is 1. The summed E-state index contributed by atoms with van der Waals surface area (Å²) in [7, 11) is 1.66. The number of hydrogen-bond donors (Lipinski definition) is 1. The minimum atomic E-state index is 0.690. The maximum atomic E-state index is 5.61. The standard InChI is InChI=1S/C23H20N6O/c1-16-13-28(14-25-16)19-9-8-17(12-21(19)30-2)27-23-22-20(10-11-24-23)29(15-26-22)18-6-4-3-5-7-18/h3-15H,1-2H3,(H,24,27). The van der Waals surface area contributed by atoms with E-state index in [2.05, 4.69) is 32.4 Å². The summed E-state index contributed by atoms with van der Waals surface area (Å²) in [5.41, 5.74) is 5.57. The highest BCUT2D eigenvalue weighted by molar-refractivity contribution is 5.89. The van der Waals surface area contributed by atoms with Crippen LogP contribution >= 0.6 is 0 Å². The van der Waals surface area contributed by atoms with Crippen LogP contribution in [0.2, 0.25) is 0 Å². The molecule has 0 aliphatic carbocycles. The zero-order valence-electron chi connectivity index (χ0n) is 16.6. The second-order valence-electron chi connectivity index (χ2n) is 6.91. The molecule has 0 unspecified atom stereocenters. The first-order chi connectivity index (χ1) is 14.7. The van der Waals surface area contributed by atoms with Crippen molar-refractivity contribution in [2.45, 2.75) is 6.92 Å². The summed E-state index contributed by atoms with van der Waals surface area (Å²) in [5.74, 6) is 1.43. The molecule has 3 heterocycles. The molecule has 30 heavy (non-hydrogen) atoms. The van der Waals surface area contributed by atoms with Gasteiger partial charge in [-0.15, -0.1) is 0 Å². The SMILES string of the molecule is COc1cc(Nc2nccc3c2ncn3-c2ccccc2)ccc1-n1cnc(C)c1. The molecular weight excluding hydrogens is 376 g/mol. The number of aromatic nitrogens is 5. The van der Waals surface area contributed by atoms with E-state index in [1.165, 1.54) is 0 Å². The van der Waals surface area contributed by atoms with Crippen LogP contribution in [0.25, 0.3) is 22.4 Å². The molecule has 0 aliphatic heterocycles. The Labute approximate surface area is 173 Å². The van der Waals surface area contributed by atoms with Gasteiger partial charge in [0, 0.05) is 29.8 Å². The fourth-order valence-electron chi connectivity index (χ4n) is 3.49. The first-order valence-electron chi connectivity index (χ1n) is 9.56. The van der Waals surface area contributed by atoms with Crippen LogP contribution in [0.1, 0.15) is 5.69 Å². The number of pyridine rings is 1. The summed E-state index contributed by atoms with van der Waals surface area (Å²) in [6.45, 7) is 1.96. The first kappa shape index (κ1) is 17.9. The molecule has 0 saturated carbocycles. The van der Waals surface area contributed by atoms with Crippen LogP contribution < -0.4 is 10.1 Å². The summed E-state index contributed by atoms with van der Waals surface area (Å²) in [6, 6.07) is 18.0. The zero-order chi connectivity index (χ0) is 20.5. The lowest BCUT2D eigenvalue weighted by molar-refractivity contribution is 0.413. The van der Waals surface area contributed by atoms with E-state index in [9.17, 15) is 0 Å². The van der Waals surface area contributed by atoms with E-state index in [0.717, 1.165) is 39.5 Å². The van der Waals surface area contributed by atoms with Crippen LogP contribution in [-0.2, 0) is 0 Å². The average molecular weight is 396 g/mol. The van der Waals surface area contributed by atoms with E-state index in [1.807, 2.05) is 71.0 Å². The van der Waals surface area contributed by atoms with Gasteiger partial charge in [-0.2, -0.15) is 0 Å². The highest BCUT2D eigenvalue weighted by Gasteiger charge is 2.12. The van der Waals surface area contributed by atoms with Crippen LogP contribution in [-0.4, -0.2) is 31.2 Å². The topological polar surface area (TPSA) is 69.8 Å². The lowest BCUT2D eigenvalue weighted by atomic mass is 10.2. The molecule has 7 nitrogen and oxygen atoms in total. The van der Waals surface area contributed by atoms with E-state index in [4.69, 9.17) is 4.74 Å². The Morgan fingerprint density at radius 2 is 1.80 bits per heavy atom. The van der Waals surface area contributed by atoms with Gasteiger partial charge in [0.2, 0.25) is 0 Å². The van der Waals surface area contributed by atoms with Crippen molar-refractivity contribution in [3.05, 3.63) is 85.3 Å². The third-order valence-electron chi connectivity index (χ3n) is 4.93. The van der Waals surface area contributed by atoms with E-state index < -0.39 is 0 Å². The number of nitrogens with one attached hydrogen (secondary N) is 1. The van der Waals surface area contributed by atoms with Crippen LogP contribution in [0.5, 0.6) is 5.75 Å². The second kappa shape index (κ2) is 7.36. The van der Waals surface area contributed by atoms with Crippen molar-refractivity contribution in [1.82, 2.24) is 24.1 Å². The van der Waals surface area contributed by atoms with Gasteiger partial charge in [-0.3, -0.25) is 4.57 Å². The van der Waals surface area contributed by atoms with Crippen LogP contribution in [0.15, 0.2) is 79.6 Å². The Balaban J connectivity index is 1.51. The zero-order valence-corrected chi connectivity index (χ0v) is 16.6. The Morgan fingerprint density at radius 1 is 0.933 bits per heavy atom. The smallest absolute Gasteiger partial charge is 0.158 e. The van der Waals surface area contributed by atoms with Gasteiger partial charge in [0.25, 0.3) is 0 Å². The molecule has 0 amide bonds. The van der Waals surface area contributed by atoms with Crippen molar-refractivity contribution < 1.29 is 4.74 Å². The highest BCUT2D eigenvalue weighted by atomic mass is 16.5. The van der Waals surface area contributed by atoms with Crippen molar-refractivity contribution in [2.75, 3.05) is 12.4 Å². The van der Waals surface area contributed by atoms with Gasteiger partial charge >= 0.3 is 0 Å². The molecule has 0 atom stereocenters. The summed E-state index contributed by atoms with van der Waals surface area (Å²) in [5, 5.41) is 3.38. The number of benzene rings is 2. The third kappa shape index (κ3) is 3.16. The normalized spacial score (nSPS) is 11.0. The number of ether oxygens (including phenoxy) is 1. The van der Waals surface area contributed by atoms with Crippen molar-refractivity contribution in [1.29, 1.82) is 0 Å². The first-order valence-corrected chi connectivity index (χ1v) is 9.56. The summed E-state index contributed by atoms with van der Waals surface area (Å²) >= 11 is 0. The van der Waals surface area contributed by atoms with E-state index >= 15 is 0 Å². The lowest BCUT2D eigenvalue weighted by Crippen LogP contribution is -1.99. The quantitative estimate of drug-likeness (QED) is 0.468. The maximum Gasteiger partial charge on any atom is 0.158 e. The molecule has 3 aromatic heterocycles. The molecule has 7 heteroatoms. The van der Waals surface area contributed by atoms with Crippen LogP contribution in [0.3, 0.4) is 0 Å². The van der Waals surface area contributed by atoms with Crippen molar-refractivity contribution in [3.63, 3.8) is 0 Å². The Hall–Kier alpha value is -4.13. The molecule has 0 saturated heterocycles. The summed E-state index contributed by atoms with van der Waals surface area (Å²) in [4.78, 5) is 13.4. The number of para-hydroxylation sites is 1. The van der Waals surface area contributed by atoms with Gasteiger partial charge in [0.05, 0.1) is 30.3 Å². The minimum Gasteiger partial charge on any atom is -0.494 e. The monoisotopic (exact) mass is 396 g/mol. The molecule has 0 fully saturated rings. The van der Waals surface area contributed by atoms with Crippen LogP contribution in [0.4, 0.5) is 11.5 Å². The van der Waals surface area contributed by atoms with Gasteiger partial charge in [0.1, 0.15) is 17.6 Å². The summed E-state index contributed by atoms with van der Waals surface area (Å²) < 4.78 is 9.60. The molecule has 0 bridgehead atoms. The fourth-order valence-corrected chi connectivity index (χ4v) is 3.49. The van der Waals surface area contributed by atoms with E-state index in [-0.39, 0.29) is 0 Å². The number of aryl methyl sites for hydroxylation is 1. The predicted molar refractivity (Wildman–Crippen MR) is 117 cm³/mol.